The number of hydrogen-bond acceptors (Lipinski definition) is 6. The van der Waals surface area contributed by atoms with Gasteiger partial charge >= 0.3 is 0 Å². The average molecular weight is 362 g/mol. The van der Waals surface area contributed by atoms with Crippen LogP contribution in [0.3, 0.4) is 0 Å². The number of aryl methyl sites for hydroxylation is 1. The second-order valence-electron chi connectivity index (χ2n) is 6.59. The van der Waals surface area contributed by atoms with E-state index in [-0.39, 0.29) is 12.1 Å². The molecule has 3 aromatic rings. The van der Waals surface area contributed by atoms with Gasteiger partial charge in [0, 0.05) is 35.8 Å². The topological polar surface area (TPSA) is 69.2 Å². The Balaban J connectivity index is 1.80. The zero-order chi connectivity index (χ0) is 18.8. The fraction of sp³-hybridized carbons (Fsp3) is 0.286. The lowest BCUT2D eigenvalue weighted by atomic mass is 9.85. The Hall–Kier alpha value is -2.99. The van der Waals surface area contributed by atoms with E-state index in [0.717, 1.165) is 29.1 Å². The maximum Gasteiger partial charge on any atom is 0.217 e. The summed E-state index contributed by atoms with van der Waals surface area (Å²) in [5.41, 5.74) is 4.50. The molecule has 6 heteroatoms. The van der Waals surface area contributed by atoms with Crippen molar-refractivity contribution in [2.24, 2.45) is 0 Å². The minimum atomic E-state index is -0.0184. The number of methoxy groups -OCH3 is 2. The summed E-state index contributed by atoms with van der Waals surface area (Å²) in [6.07, 6.45) is 6.33. The van der Waals surface area contributed by atoms with E-state index >= 15 is 0 Å². The molecule has 0 saturated carbocycles. The molecule has 0 spiro atoms. The number of rotatable bonds is 4. The number of pyridine rings is 1. The lowest BCUT2D eigenvalue weighted by Crippen LogP contribution is -2.34. The van der Waals surface area contributed by atoms with Gasteiger partial charge in [-0.3, -0.25) is 5.32 Å². The molecule has 0 saturated heterocycles. The van der Waals surface area contributed by atoms with Gasteiger partial charge in [-0.1, -0.05) is 12.1 Å². The number of nitrogens with zero attached hydrogens (tertiary/aromatic N) is 3. The first-order chi connectivity index (χ1) is 13.2. The van der Waals surface area contributed by atoms with Crippen molar-refractivity contribution in [3.05, 3.63) is 77.0 Å². The molecule has 0 unspecified atom stereocenters. The molecule has 1 aliphatic heterocycles. The standard InChI is InChI=1S/C21H22N4O2/c1-13-23-11-15(12-24-13)20-17-7-6-16(26-2)9-14(17)10-19(25-20)18-5-4-8-22-21(18)27-3/h4-9,11-12,19-20,25H,10H2,1-3H3/t19-,20-/m0/s1. The molecule has 4 rings (SSSR count). The second-order valence-corrected chi connectivity index (χ2v) is 6.59. The highest BCUT2D eigenvalue weighted by molar-refractivity contribution is 5.45. The van der Waals surface area contributed by atoms with Crippen LogP contribution in [0.2, 0.25) is 0 Å². The predicted octanol–water partition coefficient (Wildman–Crippen LogP) is 3.17. The molecule has 0 bridgehead atoms. The van der Waals surface area contributed by atoms with Crippen LogP contribution in [-0.4, -0.2) is 29.2 Å². The third-order valence-electron chi connectivity index (χ3n) is 4.96. The highest BCUT2D eigenvalue weighted by atomic mass is 16.5. The molecule has 0 aliphatic carbocycles. The summed E-state index contributed by atoms with van der Waals surface area (Å²) in [5, 5.41) is 3.73. The van der Waals surface area contributed by atoms with Crippen molar-refractivity contribution in [2.45, 2.75) is 25.4 Å². The third-order valence-corrected chi connectivity index (χ3v) is 4.96. The van der Waals surface area contributed by atoms with E-state index in [0.29, 0.717) is 5.88 Å². The van der Waals surface area contributed by atoms with Gasteiger partial charge in [-0.15, -0.1) is 0 Å². The van der Waals surface area contributed by atoms with Crippen LogP contribution in [0.4, 0.5) is 0 Å². The Morgan fingerprint density at radius 1 is 1.00 bits per heavy atom. The largest absolute Gasteiger partial charge is 0.497 e. The molecule has 0 radical (unpaired) electrons. The van der Waals surface area contributed by atoms with Crippen molar-refractivity contribution in [2.75, 3.05) is 14.2 Å². The highest BCUT2D eigenvalue weighted by Gasteiger charge is 2.30. The SMILES string of the molecule is COc1ccc2c(c1)C[C@@H](c1cccnc1OC)N[C@H]2c1cnc(C)nc1. The van der Waals surface area contributed by atoms with Crippen LogP contribution in [0.1, 0.15) is 40.2 Å². The molecule has 1 aliphatic rings. The van der Waals surface area contributed by atoms with Crippen molar-refractivity contribution in [1.29, 1.82) is 0 Å². The Morgan fingerprint density at radius 2 is 1.81 bits per heavy atom. The van der Waals surface area contributed by atoms with E-state index in [1.807, 2.05) is 31.5 Å². The summed E-state index contributed by atoms with van der Waals surface area (Å²) in [5.74, 6) is 2.25. The first-order valence-corrected chi connectivity index (χ1v) is 8.90. The van der Waals surface area contributed by atoms with Gasteiger partial charge in [0.25, 0.3) is 0 Å². The van der Waals surface area contributed by atoms with Crippen molar-refractivity contribution in [1.82, 2.24) is 20.3 Å². The number of benzene rings is 1. The van der Waals surface area contributed by atoms with E-state index < -0.39 is 0 Å². The fourth-order valence-electron chi connectivity index (χ4n) is 3.60. The molecule has 2 atom stereocenters. The van der Waals surface area contributed by atoms with Crippen LogP contribution in [0, 0.1) is 6.92 Å². The van der Waals surface area contributed by atoms with Crippen LogP contribution >= 0.6 is 0 Å². The fourth-order valence-corrected chi connectivity index (χ4v) is 3.60. The van der Waals surface area contributed by atoms with E-state index in [2.05, 4.69) is 38.5 Å². The smallest absolute Gasteiger partial charge is 0.217 e. The lowest BCUT2D eigenvalue weighted by molar-refractivity contribution is 0.371. The van der Waals surface area contributed by atoms with Gasteiger partial charge in [0.15, 0.2) is 0 Å². The van der Waals surface area contributed by atoms with Crippen LogP contribution in [0.25, 0.3) is 0 Å². The summed E-state index contributed by atoms with van der Waals surface area (Å²) < 4.78 is 10.9. The number of fused-ring (bicyclic) bond motifs is 1. The molecule has 1 aromatic carbocycles. The van der Waals surface area contributed by atoms with Gasteiger partial charge in [0.1, 0.15) is 11.6 Å². The molecule has 27 heavy (non-hydrogen) atoms. The van der Waals surface area contributed by atoms with Gasteiger partial charge in [-0.2, -0.15) is 0 Å². The number of nitrogens with one attached hydrogen (secondary N) is 1. The van der Waals surface area contributed by atoms with E-state index in [1.165, 1.54) is 11.1 Å². The van der Waals surface area contributed by atoms with Gasteiger partial charge in [0.05, 0.1) is 20.3 Å². The first kappa shape index (κ1) is 17.4. The quantitative estimate of drug-likeness (QED) is 0.769. The molecule has 0 amide bonds. The van der Waals surface area contributed by atoms with Crippen LogP contribution in [0.15, 0.2) is 48.9 Å². The summed E-state index contributed by atoms with van der Waals surface area (Å²) >= 11 is 0. The van der Waals surface area contributed by atoms with Gasteiger partial charge in [0.2, 0.25) is 5.88 Å². The molecular weight excluding hydrogens is 340 g/mol. The maximum atomic E-state index is 5.49. The minimum absolute atomic E-state index is 0.0184. The monoisotopic (exact) mass is 362 g/mol. The van der Waals surface area contributed by atoms with Crippen LogP contribution in [-0.2, 0) is 6.42 Å². The van der Waals surface area contributed by atoms with Crippen LogP contribution < -0.4 is 14.8 Å². The predicted molar refractivity (Wildman–Crippen MR) is 102 cm³/mol. The van der Waals surface area contributed by atoms with E-state index in [1.54, 1.807) is 20.4 Å². The molecular formula is C21H22N4O2. The summed E-state index contributed by atoms with van der Waals surface area (Å²) in [7, 11) is 3.34. The normalized spacial score (nSPS) is 18.6. The van der Waals surface area contributed by atoms with E-state index in [4.69, 9.17) is 9.47 Å². The third kappa shape index (κ3) is 3.36. The Bertz CT molecular complexity index is 943. The molecule has 3 heterocycles. The number of ether oxygens (including phenoxy) is 2. The molecule has 1 N–H and O–H groups in total. The molecule has 0 fully saturated rings. The molecule has 138 valence electrons. The zero-order valence-corrected chi connectivity index (χ0v) is 15.6. The lowest BCUT2D eigenvalue weighted by Gasteiger charge is -2.34. The van der Waals surface area contributed by atoms with Crippen LogP contribution in [0.5, 0.6) is 11.6 Å². The Kier molecular flexibility index (Phi) is 4.73. The van der Waals surface area contributed by atoms with Crippen molar-refractivity contribution in [3.8, 4) is 11.6 Å². The van der Waals surface area contributed by atoms with Gasteiger partial charge in [-0.05, 0) is 42.7 Å². The van der Waals surface area contributed by atoms with Gasteiger partial charge < -0.3 is 9.47 Å². The minimum Gasteiger partial charge on any atom is -0.497 e. The first-order valence-electron chi connectivity index (χ1n) is 8.90. The average Bonchev–Trinajstić information content (AvgIpc) is 2.73. The van der Waals surface area contributed by atoms with E-state index in [9.17, 15) is 0 Å². The highest BCUT2D eigenvalue weighted by Crippen LogP contribution is 2.38. The maximum absolute atomic E-state index is 5.49. The summed E-state index contributed by atoms with van der Waals surface area (Å²) in [6.45, 7) is 1.89. The van der Waals surface area contributed by atoms with Crippen molar-refractivity contribution in [3.63, 3.8) is 0 Å². The zero-order valence-electron chi connectivity index (χ0n) is 15.6. The summed E-state index contributed by atoms with van der Waals surface area (Å²) in [6, 6.07) is 10.2. The Morgan fingerprint density at radius 3 is 2.56 bits per heavy atom. The second kappa shape index (κ2) is 7.32. The summed E-state index contributed by atoms with van der Waals surface area (Å²) in [4.78, 5) is 13.1. The van der Waals surface area contributed by atoms with Crippen molar-refractivity contribution < 1.29 is 9.47 Å². The number of hydrogen-bond donors (Lipinski definition) is 1. The Labute approximate surface area is 158 Å². The number of aromatic nitrogens is 3. The molecule has 2 aromatic heterocycles. The van der Waals surface area contributed by atoms with Crippen molar-refractivity contribution >= 4 is 0 Å². The van der Waals surface area contributed by atoms with Gasteiger partial charge in [-0.25, -0.2) is 15.0 Å². The molecule has 6 nitrogen and oxygen atoms in total.